The monoisotopic (exact) mass is 871 g/mol. The number of hydrogen-bond donors (Lipinski definition) is 2. The molecule has 0 aliphatic heterocycles. The number of ether oxygens (including phenoxy) is 3. The van der Waals surface area contributed by atoms with Crippen molar-refractivity contribution in [3.8, 4) is 0 Å². The van der Waals surface area contributed by atoms with Crippen LogP contribution in [-0.2, 0) is 42.2 Å². The van der Waals surface area contributed by atoms with Crippen molar-refractivity contribution in [1.82, 2.24) is 0 Å². The number of phosphoric ester groups is 1. The Hall–Kier alpha value is -2.30. The number of hydrogen-bond acceptors (Lipinski definition) is 10. The summed E-state index contributed by atoms with van der Waals surface area (Å²) in [5, 5.41) is 9.72. The summed E-state index contributed by atoms with van der Waals surface area (Å²) in [6.45, 7) is 4.47. The van der Waals surface area contributed by atoms with E-state index in [0.29, 0.717) is 19.3 Å². The van der Waals surface area contributed by atoms with E-state index in [1.165, 1.54) is 38.5 Å². The number of phosphoric acid groups is 1. The van der Waals surface area contributed by atoms with Gasteiger partial charge in [0.1, 0.15) is 12.7 Å². The molecule has 0 radical (unpaired) electrons. The Bertz CT molecular complexity index is 1160. The van der Waals surface area contributed by atoms with E-state index in [2.05, 4.69) is 57.2 Å². The molecular weight excluding hydrogens is 783 g/mol. The molecule has 3 atom stereocenters. The van der Waals surface area contributed by atoms with Gasteiger partial charge in [0, 0.05) is 19.3 Å². The quantitative estimate of drug-likeness (QED) is 0.0198. The lowest BCUT2D eigenvalue weighted by atomic mass is 10.1. The molecule has 0 bridgehead atoms. The Morgan fingerprint density at radius 3 is 1.15 bits per heavy atom. The number of carbonyl (C=O) groups excluding carboxylic acids is 3. The van der Waals surface area contributed by atoms with Crippen LogP contribution in [0.25, 0.3) is 0 Å². The van der Waals surface area contributed by atoms with Crippen LogP contribution >= 0.6 is 7.82 Å². The third-order valence-corrected chi connectivity index (χ3v) is 11.0. The average Bonchev–Trinajstić information content (AvgIpc) is 3.23. The molecule has 0 amide bonds. The van der Waals surface area contributed by atoms with Crippen LogP contribution in [0.15, 0.2) is 36.5 Å². The lowest BCUT2D eigenvalue weighted by Gasteiger charge is -2.21. The minimum atomic E-state index is -4.73. The zero-order valence-electron chi connectivity index (χ0n) is 38.2. The van der Waals surface area contributed by atoms with Crippen LogP contribution in [-0.4, -0.2) is 66.5 Å². The number of unbranched alkanes of at least 4 members (excludes halogenated alkanes) is 21. The summed E-state index contributed by atoms with van der Waals surface area (Å²) in [6, 6.07) is 0. The Labute approximate surface area is 365 Å². The Morgan fingerprint density at radius 2 is 0.767 bits per heavy atom. The molecule has 0 rings (SSSR count). The summed E-state index contributed by atoms with van der Waals surface area (Å²) in [4.78, 5) is 48.0. The molecule has 0 heterocycles. The smallest absolute Gasteiger partial charge is 0.462 e. The van der Waals surface area contributed by atoms with Gasteiger partial charge in [0.15, 0.2) is 6.10 Å². The Balaban J connectivity index is 4.76. The maximum atomic E-state index is 12.8. The molecule has 11 nitrogen and oxygen atoms in total. The fourth-order valence-electron chi connectivity index (χ4n) is 6.24. The lowest BCUT2D eigenvalue weighted by Crippen LogP contribution is -2.30. The summed E-state index contributed by atoms with van der Waals surface area (Å²) in [7, 11) is -4.73. The van der Waals surface area contributed by atoms with Gasteiger partial charge in [-0.15, -0.1) is 0 Å². The second-order valence-corrected chi connectivity index (χ2v) is 17.4. The molecule has 0 aromatic carbocycles. The maximum absolute atomic E-state index is 12.8. The fraction of sp³-hybridized carbons (Fsp3) is 0.812. The van der Waals surface area contributed by atoms with Crippen LogP contribution in [0.3, 0.4) is 0 Å². The highest BCUT2D eigenvalue weighted by Gasteiger charge is 2.28. The van der Waals surface area contributed by atoms with E-state index in [1.54, 1.807) is 0 Å². The first kappa shape index (κ1) is 57.7. The van der Waals surface area contributed by atoms with Gasteiger partial charge >= 0.3 is 25.7 Å². The highest BCUT2D eigenvalue weighted by molar-refractivity contribution is 7.47. The summed E-state index contributed by atoms with van der Waals surface area (Å²) in [5.41, 5.74) is 0. The van der Waals surface area contributed by atoms with Gasteiger partial charge in [-0.1, -0.05) is 154 Å². The second kappa shape index (κ2) is 43.4. The molecule has 0 saturated heterocycles. The largest absolute Gasteiger partial charge is 0.472 e. The van der Waals surface area contributed by atoms with Crippen molar-refractivity contribution in [1.29, 1.82) is 0 Å². The minimum absolute atomic E-state index is 0.156. The SMILES string of the molecule is CCCC/C=C\CCCCCCCC(=O)OCC(COP(=O)(O)OCC(CO)OC(=O)CCCCCCC/C=C\CCCC)OC(=O)CCCCCCC/C=C\CCCC. The molecule has 350 valence electrons. The molecule has 0 spiro atoms. The number of aliphatic hydroxyl groups excluding tert-OH is 1. The van der Waals surface area contributed by atoms with Crippen molar-refractivity contribution >= 4 is 25.7 Å². The molecular formula is C48H87O11P. The van der Waals surface area contributed by atoms with Crippen LogP contribution in [0.5, 0.6) is 0 Å². The number of esters is 3. The van der Waals surface area contributed by atoms with Crippen LogP contribution in [0, 0.1) is 0 Å². The molecule has 0 fully saturated rings. The molecule has 3 unspecified atom stereocenters. The second-order valence-electron chi connectivity index (χ2n) is 15.9. The Morgan fingerprint density at radius 1 is 0.450 bits per heavy atom. The van der Waals surface area contributed by atoms with E-state index in [-0.39, 0.29) is 25.9 Å². The van der Waals surface area contributed by atoms with Crippen molar-refractivity contribution in [2.75, 3.05) is 26.4 Å². The molecule has 0 aliphatic carbocycles. The predicted molar refractivity (Wildman–Crippen MR) is 242 cm³/mol. The van der Waals surface area contributed by atoms with Gasteiger partial charge in [0.25, 0.3) is 0 Å². The van der Waals surface area contributed by atoms with E-state index in [4.69, 9.17) is 23.3 Å². The van der Waals surface area contributed by atoms with Crippen LogP contribution in [0.2, 0.25) is 0 Å². The van der Waals surface area contributed by atoms with Gasteiger partial charge in [0.05, 0.1) is 19.8 Å². The number of rotatable bonds is 44. The van der Waals surface area contributed by atoms with E-state index < -0.39 is 57.8 Å². The molecule has 0 aliphatic rings. The summed E-state index contributed by atoms with van der Waals surface area (Å²) in [6.07, 6.45) is 39.9. The summed E-state index contributed by atoms with van der Waals surface area (Å²) >= 11 is 0. The molecule has 12 heteroatoms. The van der Waals surface area contributed by atoms with E-state index in [0.717, 1.165) is 116 Å². The van der Waals surface area contributed by atoms with Crippen molar-refractivity contribution < 1.29 is 52.2 Å². The number of aliphatic hydroxyl groups is 1. The van der Waals surface area contributed by atoms with Crippen molar-refractivity contribution in [2.24, 2.45) is 0 Å². The van der Waals surface area contributed by atoms with Crippen molar-refractivity contribution in [3.63, 3.8) is 0 Å². The zero-order chi connectivity index (χ0) is 44.2. The van der Waals surface area contributed by atoms with Crippen LogP contribution in [0.4, 0.5) is 0 Å². The highest BCUT2D eigenvalue weighted by Crippen LogP contribution is 2.43. The third-order valence-electron chi connectivity index (χ3n) is 10.0. The first-order valence-electron chi connectivity index (χ1n) is 23.9. The first-order valence-corrected chi connectivity index (χ1v) is 25.4. The maximum Gasteiger partial charge on any atom is 0.472 e. The first-order chi connectivity index (χ1) is 29.2. The van der Waals surface area contributed by atoms with Crippen LogP contribution in [0.1, 0.15) is 213 Å². The minimum Gasteiger partial charge on any atom is -0.462 e. The lowest BCUT2D eigenvalue weighted by molar-refractivity contribution is -0.161. The van der Waals surface area contributed by atoms with Gasteiger partial charge in [-0.2, -0.15) is 0 Å². The standard InChI is InChI=1S/C48H87O11P/c1-4-7-10-13-16-19-22-25-28-31-34-37-46(50)55-41-45(59-48(52)39-36-33-30-27-24-21-18-15-12-9-6-3)43-57-60(53,54)56-42-44(40-49)58-47(51)38-35-32-29-26-23-20-17-14-11-8-5-2/h13-18,44-45,49H,4-12,19-43H2,1-3H3,(H,53,54)/b16-13-,17-14-,18-15-. The summed E-state index contributed by atoms with van der Waals surface area (Å²) < 4.78 is 39.1. The van der Waals surface area contributed by atoms with E-state index >= 15 is 0 Å². The fourth-order valence-corrected chi connectivity index (χ4v) is 7.02. The van der Waals surface area contributed by atoms with Gasteiger partial charge in [-0.05, 0) is 77.0 Å². The third kappa shape index (κ3) is 41.1. The van der Waals surface area contributed by atoms with Gasteiger partial charge in [-0.3, -0.25) is 23.4 Å². The normalized spacial score (nSPS) is 13.9. The summed E-state index contributed by atoms with van der Waals surface area (Å²) in [5.74, 6) is -1.49. The van der Waals surface area contributed by atoms with Gasteiger partial charge in [0.2, 0.25) is 0 Å². The number of allylic oxidation sites excluding steroid dienone is 6. The topological polar surface area (TPSA) is 155 Å². The highest BCUT2D eigenvalue weighted by atomic mass is 31.2. The predicted octanol–water partition coefficient (Wildman–Crippen LogP) is 12.9. The van der Waals surface area contributed by atoms with Gasteiger partial charge < -0.3 is 24.2 Å². The number of carbonyl (C=O) groups is 3. The molecule has 60 heavy (non-hydrogen) atoms. The van der Waals surface area contributed by atoms with Gasteiger partial charge in [-0.25, -0.2) is 4.57 Å². The molecule has 0 aromatic rings. The molecule has 2 N–H and O–H groups in total. The zero-order valence-corrected chi connectivity index (χ0v) is 39.1. The molecule has 0 saturated carbocycles. The van der Waals surface area contributed by atoms with E-state index in [9.17, 15) is 28.9 Å². The van der Waals surface area contributed by atoms with Crippen LogP contribution < -0.4 is 0 Å². The molecule has 0 aromatic heterocycles. The van der Waals surface area contributed by atoms with E-state index in [1.807, 2.05) is 0 Å². The average molecular weight is 871 g/mol. The Kier molecular flexibility index (Phi) is 41.7. The van der Waals surface area contributed by atoms with Crippen molar-refractivity contribution in [2.45, 2.75) is 226 Å². The van der Waals surface area contributed by atoms with Crippen molar-refractivity contribution in [3.05, 3.63) is 36.5 Å².